The molecule has 1 saturated heterocycles. The topological polar surface area (TPSA) is 45.2 Å². The van der Waals surface area contributed by atoms with Crippen LogP contribution in [0.5, 0.6) is 0 Å². The van der Waals surface area contributed by atoms with Gasteiger partial charge in [-0.2, -0.15) is 0 Å². The summed E-state index contributed by atoms with van der Waals surface area (Å²) in [5.41, 5.74) is 1.16. The van der Waals surface area contributed by atoms with Crippen LogP contribution in [-0.2, 0) is 4.79 Å². The molecular weight excluding hydrogens is 238 g/mol. The van der Waals surface area contributed by atoms with E-state index in [9.17, 15) is 4.79 Å². The number of nitrogens with one attached hydrogen (secondary N) is 1. The lowest BCUT2D eigenvalue weighted by Crippen LogP contribution is -2.28. The lowest BCUT2D eigenvalue weighted by Gasteiger charge is -2.25. The van der Waals surface area contributed by atoms with Crippen molar-refractivity contribution in [1.29, 1.82) is 0 Å². The lowest BCUT2D eigenvalue weighted by molar-refractivity contribution is -0.129. The Hall–Kier alpha value is -1.58. The molecule has 2 rings (SSSR count). The Morgan fingerprint density at radius 1 is 1.58 bits per heavy atom. The number of likely N-dealkylation sites (tertiary alicyclic amines) is 1. The molecule has 1 aliphatic rings. The maximum absolute atomic E-state index is 11.7. The van der Waals surface area contributed by atoms with Crippen molar-refractivity contribution in [3.05, 3.63) is 23.9 Å². The fourth-order valence-corrected chi connectivity index (χ4v) is 2.68. The zero-order valence-corrected chi connectivity index (χ0v) is 11.9. The molecule has 0 bridgehead atoms. The largest absolute Gasteiger partial charge is 0.370 e. The number of carbonyl (C=O) groups excluding carboxylic acids is 1. The first-order chi connectivity index (χ1) is 9.24. The van der Waals surface area contributed by atoms with E-state index in [1.54, 1.807) is 6.92 Å². The number of hydrogen-bond donors (Lipinski definition) is 1. The van der Waals surface area contributed by atoms with E-state index in [2.05, 4.69) is 23.3 Å². The van der Waals surface area contributed by atoms with Gasteiger partial charge in [0.15, 0.2) is 0 Å². The molecule has 19 heavy (non-hydrogen) atoms. The number of amides is 1. The van der Waals surface area contributed by atoms with E-state index in [0.29, 0.717) is 0 Å². The molecule has 1 fully saturated rings. The van der Waals surface area contributed by atoms with Gasteiger partial charge < -0.3 is 10.2 Å². The van der Waals surface area contributed by atoms with E-state index in [0.717, 1.165) is 50.2 Å². The molecule has 0 radical (unpaired) electrons. The molecule has 1 unspecified atom stereocenters. The maximum Gasteiger partial charge on any atom is 0.219 e. The number of pyridine rings is 1. The minimum absolute atomic E-state index is 0.158. The fourth-order valence-electron chi connectivity index (χ4n) is 2.68. The number of aromatic nitrogens is 1. The van der Waals surface area contributed by atoms with Crippen LogP contribution in [0.15, 0.2) is 18.3 Å². The molecule has 1 aliphatic heterocycles. The average Bonchev–Trinajstić information content (AvgIpc) is 2.89. The van der Waals surface area contributed by atoms with Gasteiger partial charge in [-0.3, -0.25) is 4.79 Å². The minimum Gasteiger partial charge on any atom is -0.370 e. The second kappa shape index (κ2) is 6.55. The van der Waals surface area contributed by atoms with Crippen molar-refractivity contribution in [2.24, 2.45) is 0 Å². The third kappa shape index (κ3) is 3.25. The summed E-state index contributed by atoms with van der Waals surface area (Å²) in [7, 11) is 0. The van der Waals surface area contributed by atoms with Gasteiger partial charge in [0, 0.05) is 31.8 Å². The van der Waals surface area contributed by atoms with Gasteiger partial charge >= 0.3 is 0 Å². The standard InChI is InChI=1S/C15H23N3O/c1-3-4-9-16-15-13(7-5-10-17-15)14-8-6-11-18(14)12(2)19/h5,7,10,14H,3-4,6,8-9,11H2,1-2H3,(H,16,17). The summed E-state index contributed by atoms with van der Waals surface area (Å²) in [4.78, 5) is 18.1. The Kier molecular flexibility index (Phi) is 4.77. The smallest absolute Gasteiger partial charge is 0.219 e. The molecule has 0 spiro atoms. The molecule has 0 saturated carbocycles. The monoisotopic (exact) mass is 261 g/mol. The number of anilines is 1. The van der Waals surface area contributed by atoms with Gasteiger partial charge in [-0.05, 0) is 25.3 Å². The molecule has 4 heteroatoms. The molecule has 1 N–H and O–H groups in total. The van der Waals surface area contributed by atoms with Crippen molar-refractivity contribution in [1.82, 2.24) is 9.88 Å². The maximum atomic E-state index is 11.7. The quantitative estimate of drug-likeness (QED) is 0.829. The van der Waals surface area contributed by atoms with E-state index in [1.807, 2.05) is 17.2 Å². The molecule has 4 nitrogen and oxygen atoms in total. The predicted octanol–water partition coefficient (Wildman–Crippen LogP) is 2.98. The number of carbonyl (C=O) groups is 1. The first-order valence-corrected chi connectivity index (χ1v) is 7.20. The Morgan fingerprint density at radius 2 is 2.42 bits per heavy atom. The third-order valence-electron chi connectivity index (χ3n) is 3.68. The summed E-state index contributed by atoms with van der Waals surface area (Å²) in [6, 6.07) is 4.24. The van der Waals surface area contributed by atoms with Crippen molar-refractivity contribution >= 4 is 11.7 Å². The summed E-state index contributed by atoms with van der Waals surface area (Å²) < 4.78 is 0. The lowest BCUT2D eigenvalue weighted by atomic mass is 10.1. The van der Waals surface area contributed by atoms with Crippen LogP contribution in [-0.4, -0.2) is 28.9 Å². The van der Waals surface area contributed by atoms with Gasteiger partial charge in [-0.25, -0.2) is 4.98 Å². The third-order valence-corrected chi connectivity index (χ3v) is 3.68. The number of unbranched alkanes of at least 4 members (excludes halogenated alkanes) is 1. The van der Waals surface area contributed by atoms with Crippen molar-refractivity contribution in [3.63, 3.8) is 0 Å². The van der Waals surface area contributed by atoms with Crippen LogP contribution in [0.1, 0.15) is 51.1 Å². The van der Waals surface area contributed by atoms with E-state index in [4.69, 9.17) is 0 Å². The molecule has 2 heterocycles. The van der Waals surface area contributed by atoms with Gasteiger partial charge in [0.25, 0.3) is 0 Å². The molecule has 104 valence electrons. The van der Waals surface area contributed by atoms with Crippen LogP contribution < -0.4 is 5.32 Å². The SMILES string of the molecule is CCCCNc1ncccc1C1CCCN1C(C)=O. The van der Waals surface area contributed by atoms with E-state index in [1.165, 1.54) is 0 Å². The molecule has 1 atom stereocenters. The Labute approximate surface area is 115 Å². The summed E-state index contributed by atoms with van der Waals surface area (Å²) in [6.07, 6.45) is 6.22. The van der Waals surface area contributed by atoms with E-state index in [-0.39, 0.29) is 11.9 Å². The van der Waals surface area contributed by atoms with Crippen LogP contribution in [0.2, 0.25) is 0 Å². The predicted molar refractivity (Wildman–Crippen MR) is 77.0 cm³/mol. The zero-order chi connectivity index (χ0) is 13.7. The highest BCUT2D eigenvalue weighted by molar-refractivity contribution is 5.74. The number of rotatable bonds is 5. The van der Waals surface area contributed by atoms with E-state index < -0.39 is 0 Å². The second-order valence-electron chi connectivity index (χ2n) is 5.09. The first-order valence-electron chi connectivity index (χ1n) is 7.20. The minimum atomic E-state index is 0.158. The Morgan fingerprint density at radius 3 is 3.16 bits per heavy atom. The highest BCUT2D eigenvalue weighted by Crippen LogP contribution is 2.34. The fraction of sp³-hybridized carbons (Fsp3) is 0.600. The van der Waals surface area contributed by atoms with Gasteiger partial charge in [0.2, 0.25) is 5.91 Å². The van der Waals surface area contributed by atoms with E-state index >= 15 is 0 Å². The van der Waals surface area contributed by atoms with Crippen LogP contribution in [0.3, 0.4) is 0 Å². The highest BCUT2D eigenvalue weighted by atomic mass is 16.2. The molecule has 1 amide bonds. The summed E-state index contributed by atoms with van der Waals surface area (Å²) in [6.45, 7) is 5.63. The second-order valence-corrected chi connectivity index (χ2v) is 5.09. The van der Waals surface area contributed by atoms with Gasteiger partial charge in [-0.1, -0.05) is 19.4 Å². The van der Waals surface area contributed by atoms with Crippen molar-refractivity contribution in [3.8, 4) is 0 Å². The zero-order valence-electron chi connectivity index (χ0n) is 11.9. The summed E-state index contributed by atoms with van der Waals surface area (Å²) in [5.74, 6) is 1.10. The Bertz CT molecular complexity index is 433. The molecule has 0 aliphatic carbocycles. The highest BCUT2D eigenvalue weighted by Gasteiger charge is 2.29. The molecule has 1 aromatic rings. The van der Waals surface area contributed by atoms with Gasteiger partial charge in [-0.15, -0.1) is 0 Å². The van der Waals surface area contributed by atoms with Crippen LogP contribution in [0.4, 0.5) is 5.82 Å². The van der Waals surface area contributed by atoms with Gasteiger partial charge in [0.1, 0.15) is 5.82 Å². The molecule has 0 aromatic carbocycles. The van der Waals surface area contributed by atoms with Gasteiger partial charge in [0.05, 0.1) is 6.04 Å². The number of hydrogen-bond acceptors (Lipinski definition) is 3. The van der Waals surface area contributed by atoms with Crippen molar-refractivity contribution in [2.45, 2.75) is 45.6 Å². The summed E-state index contributed by atoms with van der Waals surface area (Å²) in [5, 5.41) is 3.40. The normalized spacial score (nSPS) is 18.6. The van der Waals surface area contributed by atoms with Crippen molar-refractivity contribution in [2.75, 3.05) is 18.4 Å². The van der Waals surface area contributed by atoms with Crippen LogP contribution in [0, 0.1) is 0 Å². The molecular formula is C15H23N3O. The average molecular weight is 261 g/mol. The van der Waals surface area contributed by atoms with Crippen molar-refractivity contribution < 1.29 is 4.79 Å². The Balaban J connectivity index is 2.16. The molecule has 1 aromatic heterocycles. The van der Waals surface area contributed by atoms with Crippen LogP contribution >= 0.6 is 0 Å². The number of nitrogens with zero attached hydrogens (tertiary/aromatic N) is 2. The first kappa shape index (κ1) is 13.8. The van der Waals surface area contributed by atoms with Crippen LogP contribution in [0.25, 0.3) is 0 Å². The summed E-state index contributed by atoms with van der Waals surface area (Å²) >= 11 is 0.